The first-order chi connectivity index (χ1) is 9.74. The van der Waals surface area contributed by atoms with Gasteiger partial charge in [0.1, 0.15) is 6.04 Å². The van der Waals surface area contributed by atoms with Gasteiger partial charge in [-0.3, -0.25) is 9.59 Å². The third kappa shape index (κ3) is 2.67. The van der Waals surface area contributed by atoms with Crippen LogP contribution in [0.5, 0.6) is 0 Å². The second kappa shape index (κ2) is 5.63. The summed E-state index contributed by atoms with van der Waals surface area (Å²) in [5, 5.41) is 8.87. The van der Waals surface area contributed by atoms with E-state index >= 15 is 0 Å². The largest absolute Gasteiger partial charge is 0.354 e. The molecule has 0 saturated carbocycles. The van der Waals surface area contributed by atoms with Gasteiger partial charge in [-0.05, 0) is 30.4 Å². The second-order valence-electron chi connectivity index (χ2n) is 5.40. The van der Waals surface area contributed by atoms with Crippen LogP contribution in [0, 0.1) is 0 Å². The average molecular weight is 273 g/mol. The lowest BCUT2D eigenvalue weighted by molar-refractivity contribution is -0.131. The van der Waals surface area contributed by atoms with Crippen LogP contribution in [0.15, 0.2) is 24.3 Å². The van der Waals surface area contributed by atoms with E-state index in [1.165, 1.54) is 11.1 Å². The summed E-state index contributed by atoms with van der Waals surface area (Å²) in [6.07, 6.45) is 2.31. The van der Waals surface area contributed by atoms with Crippen molar-refractivity contribution >= 4 is 11.8 Å². The highest BCUT2D eigenvalue weighted by Gasteiger charge is 2.29. The summed E-state index contributed by atoms with van der Waals surface area (Å²) in [5.74, 6) is -0.151. The molecular weight excluding hydrogens is 254 g/mol. The third-order valence-electron chi connectivity index (χ3n) is 4.00. The van der Waals surface area contributed by atoms with E-state index in [9.17, 15) is 9.59 Å². The zero-order valence-corrected chi connectivity index (χ0v) is 11.3. The number of nitrogens with one attached hydrogen (secondary N) is 3. The topological polar surface area (TPSA) is 70.2 Å². The molecule has 2 aliphatic rings. The number of rotatable bonds is 2. The van der Waals surface area contributed by atoms with Crippen LogP contribution in [0.4, 0.5) is 0 Å². The Balaban J connectivity index is 1.63. The lowest BCUT2D eigenvalue weighted by Gasteiger charge is -2.28. The molecule has 5 heteroatoms. The average Bonchev–Trinajstić information content (AvgIpc) is 2.49. The van der Waals surface area contributed by atoms with Gasteiger partial charge in [-0.15, -0.1) is 0 Å². The first kappa shape index (κ1) is 13.1. The summed E-state index contributed by atoms with van der Waals surface area (Å²) in [5.41, 5.74) is 2.45. The van der Waals surface area contributed by atoms with Crippen molar-refractivity contribution in [2.45, 2.75) is 37.9 Å². The molecule has 2 heterocycles. The van der Waals surface area contributed by atoms with E-state index in [0.29, 0.717) is 19.5 Å². The molecule has 1 fully saturated rings. The fraction of sp³-hybridized carbons (Fsp3) is 0.467. The highest BCUT2D eigenvalue weighted by molar-refractivity contribution is 5.90. The molecule has 0 radical (unpaired) electrons. The molecule has 5 nitrogen and oxygen atoms in total. The molecule has 0 bridgehead atoms. The van der Waals surface area contributed by atoms with Crippen molar-refractivity contribution in [3.63, 3.8) is 0 Å². The van der Waals surface area contributed by atoms with Crippen molar-refractivity contribution in [1.29, 1.82) is 0 Å². The summed E-state index contributed by atoms with van der Waals surface area (Å²) in [6, 6.07) is 7.50. The van der Waals surface area contributed by atoms with Gasteiger partial charge in [0.05, 0.1) is 6.04 Å². The SMILES string of the molecule is O=C1NCCCC1NC(=O)[C@@H]1Cc2ccccc2CN1. The number of amides is 2. The number of carbonyl (C=O) groups is 2. The molecule has 106 valence electrons. The Morgan fingerprint density at radius 1 is 1.25 bits per heavy atom. The normalized spacial score (nSPS) is 25.5. The molecule has 0 aromatic heterocycles. The Bertz CT molecular complexity index is 530. The van der Waals surface area contributed by atoms with Crippen molar-refractivity contribution in [2.75, 3.05) is 6.54 Å². The highest BCUT2D eigenvalue weighted by Crippen LogP contribution is 2.16. The molecule has 3 N–H and O–H groups in total. The Labute approximate surface area is 118 Å². The number of fused-ring (bicyclic) bond motifs is 1. The lowest BCUT2D eigenvalue weighted by atomic mass is 9.95. The zero-order chi connectivity index (χ0) is 13.9. The molecule has 1 unspecified atom stereocenters. The number of benzene rings is 1. The lowest BCUT2D eigenvalue weighted by Crippen LogP contribution is -2.55. The van der Waals surface area contributed by atoms with Gasteiger partial charge in [0.25, 0.3) is 0 Å². The van der Waals surface area contributed by atoms with Gasteiger partial charge < -0.3 is 16.0 Å². The monoisotopic (exact) mass is 273 g/mol. The summed E-state index contributed by atoms with van der Waals surface area (Å²) >= 11 is 0. The van der Waals surface area contributed by atoms with E-state index in [2.05, 4.69) is 28.1 Å². The van der Waals surface area contributed by atoms with Crippen molar-refractivity contribution in [1.82, 2.24) is 16.0 Å². The van der Waals surface area contributed by atoms with Crippen LogP contribution in [-0.2, 0) is 22.6 Å². The van der Waals surface area contributed by atoms with Crippen LogP contribution in [0.1, 0.15) is 24.0 Å². The number of piperidine rings is 1. The minimum atomic E-state index is -0.379. The fourth-order valence-electron chi connectivity index (χ4n) is 2.82. The quantitative estimate of drug-likeness (QED) is 0.715. The van der Waals surface area contributed by atoms with Gasteiger partial charge in [-0.25, -0.2) is 0 Å². The smallest absolute Gasteiger partial charge is 0.242 e. The van der Waals surface area contributed by atoms with Gasteiger partial charge >= 0.3 is 0 Å². The van der Waals surface area contributed by atoms with E-state index in [4.69, 9.17) is 0 Å². The van der Waals surface area contributed by atoms with Crippen molar-refractivity contribution in [2.24, 2.45) is 0 Å². The van der Waals surface area contributed by atoms with Crippen molar-refractivity contribution in [3.8, 4) is 0 Å². The van der Waals surface area contributed by atoms with E-state index in [0.717, 1.165) is 12.8 Å². The molecule has 1 aromatic carbocycles. The van der Waals surface area contributed by atoms with E-state index in [1.54, 1.807) is 0 Å². The predicted octanol–water partition coefficient (Wildman–Crippen LogP) is 0.0957. The van der Waals surface area contributed by atoms with E-state index in [-0.39, 0.29) is 23.9 Å². The van der Waals surface area contributed by atoms with Crippen molar-refractivity contribution < 1.29 is 9.59 Å². The molecule has 2 atom stereocenters. The molecule has 2 amide bonds. The van der Waals surface area contributed by atoms with Crippen LogP contribution in [-0.4, -0.2) is 30.4 Å². The predicted molar refractivity (Wildman–Crippen MR) is 74.9 cm³/mol. The number of carbonyl (C=O) groups excluding carboxylic acids is 2. The van der Waals surface area contributed by atoms with Gasteiger partial charge in [0, 0.05) is 13.1 Å². The third-order valence-corrected chi connectivity index (χ3v) is 4.00. The minimum absolute atomic E-state index is 0.0687. The summed E-state index contributed by atoms with van der Waals surface area (Å²) in [6.45, 7) is 1.41. The summed E-state index contributed by atoms with van der Waals surface area (Å²) in [7, 11) is 0. The van der Waals surface area contributed by atoms with Gasteiger partial charge in [0.2, 0.25) is 11.8 Å². The maximum Gasteiger partial charge on any atom is 0.242 e. The molecule has 20 heavy (non-hydrogen) atoms. The highest BCUT2D eigenvalue weighted by atomic mass is 16.2. The maximum absolute atomic E-state index is 12.3. The Hall–Kier alpha value is -1.88. The second-order valence-corrected chi connectivity index (χ2v) is 5.40. The standard InChI is InChI=1S/C15H19N3O2/c19-14-12(6-3-7-16-14)18-15(20)13-8-10-4-1-2-5-11(10)9-17-13/h1-2,4-5,12-13,17H,3,6-9H2,(H,16,19)(H,18,20)/t12?,13-/m0/s1. The van der Waals surface area contributed by atoms with Gasteiger partial charge in [-0.1, -0.05) is 24.3 Å². The summed E-state index contributed by atoms with van der Waals surface area (Å²) in [4.78, 5) is 23.9. The Morgan fingerprint density at radius 3 is 2.85 bits per heavy atom. The summed E-state index contributed by atoms with van der Waals surface area (Å²) < 4.78 is 0. The van der Waals surface area contributed by atoms with Gasteiger partial charge in [-0.2, -0.15) is 0 Å². The van der Waals surface area contributed by atoms with Crippen LogP contribution in [0.25, 0.3) is 0 Å². The van der Waals surface area contributed by atoms with Crippen molar-refractivity contribution in [3.05, 3.63) is 35.4 Å². The molecule has 1 aromatic rings. The molecule has 0 spiro atoms. The molecular formula is C15H19N3O2. The van der Waals surface area contributed by atoms with E-state index < -0.39 is 0 Å². The maximum atomic E-state index is 12.3. The first-order valence-electron chi connectivity index (χ1n) is 7.12. The molecule has 3 rings (SSSR count). The first-order valence-corrected chi connectivity index (χ1v) is 7.12. The molecule has 0 aliphatic carbocycles. The Kier molecular flexibility index (Phi) is 3.69. The van der Waals surface area contributed by atoms with Crippen LogP contribution >= 0.6 is 0 Å². The zero-order valence-electron chi connectivity index (χ0n) is 11.3. The minimum Gasteiger partial charge on any atom is -0.354 e. The number of hydrogen-bond donors (Lipinski definition) is 3. The number of hydrogen-bond acceptors (Lipinski definition) is 3. The van der Waals surface area contributed by atoms with Crippen LogP contribution in [0.3, 0.4) is 0 Å². The van der Waals surface area contributed by atoms with Gasteiger partial charge in [0.15, 0.2) is 0 Å². The van der Waals surface area contributed by atoms with Crippen LogP contribution in [0.2, 0.25) is 0 Å². The Morgan fingerprint density at radius 2 is 2.05 bits per heavy atom. The molecule has 1 saturated heterocycles. The molecule has 2 aliphatic heterocycles. The van der Waals surface area contributed by atoms with Crippen LogP contribution < -0.4 is 16.0 Å². The van der Waals surface area contributed by atoms with E-state index in [1.807, 2.05) is 12.1 Å². The fourth-order valence-corrected chi connectivity index (χ4v) is 2.82.